The molecule has 1 unspecified atom stereocenters. The normalized spacial score (nSPS) is 26.9. The Morgan fingerprint density at radius 2 is 2.00 bits per heavy atom. The van der Waals surface area contributed by atoms with E-state index in [0.29, 0.717) is 12.1 Å². The van der Waals surface area contributed by atoms with Crippen molar-refractivity contribution >= 4 is 5.91 Å². The summed E-state index contributed by atoms with van der Waals surface area (Å²) in [7, 11) is 0. The number of fused-ring (bicyclic) bond motifs is 1. The van der Waals surface area contributed by atoms with Crippen LogP contribution in [0.5, 0.6) is 0 Å². The first-order valence-electron chi connectivity index (χ1n) is 10.7. The van der Waals surface area contributed by atoms with Gasteiger partial charge >= 0.3 is 0 Å². The number of carbonyl (C=O) groups excluding carboxylic acids is 1. The first kappa shape index (κ1) is 18.5. The lowest BCUT2D eigenvalue weighted by Crippen LogP contribution is -2.38. The number of amides is 1. The third kappa shape index (κ3) is 4.37. The first-order valence-corrected chi connectivity index (χ1v) is 10.7. The average Bonchev–Trinajstić information content (AvgIpc) is 3.16. The number of likely N-dealkylation sites (tertiary alicyclic amines) is 1. The van der Waals surface area contributed by atoms with Crippen LogP contribution in [-0.2, 0) is 4.79 Å². The summed E-state index contributed by atoms with van der Waals surface area (Å²) in [5, 5.41) is 3.09. The van der Waals surface area contributed by atoms with Gasteiger partial charge in [-0.15, -0.1) is 0 Å². The molecule has 0 radical (unpaired) electrons. The Labute approximate surface area is 162 Å². The minimum absolute atomic E-state index is 0.114. The summed E-state index contributed by atoms with van der Waals surface area (Å²) in [5.41, 5.74) is 2.72. The summed E-state index contributed by atoms with van der Waals surface area (Å²) in [6, 6.07) is 9.47. The largest absolute Gasteiger partial charge is 0.464 e. The predicted octanol–water partition coefficient (Wildman–Crippen LogP) is 5.00. The summed E-state index contributed by atoms with van der Waals surface area (Å²) in [4.78, 5) is 14.0. The van der Waals surface area contributed by atoms with E-state index in [-0.39, 0.29) is 5.91 Å². The minimum Gasteiger partial charge on any atom is -0.464 e. The highest BCUT2D eigenvalue weighted by atomic mass is 16.3. The second kappa shape index (κ2) is 8.47. The van der Waals surface area contributed by atoms with Crippen LogP contribution < -0.4 is 5.32 Å². The van der Waals surface area contributed by atoms with E-state index >= 15 is 0 Å². The van der Waals surface area contributed by atoms with Gasteiger partial charge in [-0.1, -0.05) is 18.6 Å². The molecule has 1 N–H and O–H groups in total. The summed E-state index contributed by atoms with van der Waals surface area (Å²) in [6.45, 7) is 4.03. The number of piperidine rings is 1. The Morgan fingerprint density at radius 3 is 2.81 bits per heavy atom. The van der Waals surface area contributed by atoms with E-state index < -0.39 is 0 Å². The van der Waals surface area contributed by atoms with E-state index in [1.165, 1.54) is 62.7 Å². The third-order valence-electron chi connectivity index (χ3n) is 6.58. The molecule has 2 aliphatic carbocycles. The van der Waals surface area contributed by atoms with Crippen molar-refractivity contribution < 1.29 is 9.21 Å². The zero-order valence-electron chi connectivity index (χ0n) is 16.5. The van der Waals surface area contributed by atoms with Gasteiger partial charge < -0.3 is 9.73 Å². The fraction of sp³-hybridized carbons (Fsp3) is 0.609. The second-order valence-corrected chi connectivity index (χ2v) is 8.43. The number of hydrogen-bond acceptors (Lipinski definition) is 3. The highest BCUT2D eigenvalue weighted by Gasteiger charge is 2.28. The van der Waals surface area contributed by atoms with Gasteiger partial charge in [-0.2, -0.15) is 0 Å². The molecule has 0 spiro atoms. The monoisotopic (exact) mass is 368 g/mol. The first-order chi connectivity index (χ1) is 13.2. The van der Waals surface area contributed by atoms with Gasteiger partial charge in [0.05, 0.1) is 6.26 Å². The van der Waals surface area contributed by atoms with Crippen LogP contribution in [0.15, 0.2) is 34.9 Å². The van der Waals surface area contributed by atoms with Gasteiger partial charge in [-0.25, -0.2) is 0 Å². The van der Waals surface area contributed by atoms with Crippen LogP contribution >= 0.6 is 0 Å². The van der Waals surface area contributed by atoms with Crippen molar-refractivity contribution in [1.29, 1.82) is 0 Å². The Hall–Kier alpha value is -1.81. The molecular weight excluding hydrogens is 336 g/mol. The van der Waals surface area contributed by atoms with E-state index in [4.69, 9.17) is 4.42 Å². The predicted molar refractivity (Wildman–Crippen MR) is 108 cm³/mol. The zero-order chi connectivity index (χ0) is 18.6. The molecule has 0 bridgehead atoms. The quantitative estimate of drug-likeness (QED) is 0.808. The zero-order valence-corrected chi connectivity index (χ0v) is 16.5. The van der Waals surface area contributed by atoms with Crippen molar-refractivity contribution in [2.75, 3.05) is 13.1 Å². The smallest absolute Gasteiger partial charge is 0.217 e. The maximum absolute atomic E-state index is 11.2. The van der Waals surface area contributed by atoms with E-state index in [2.05, 4.69) is 34.5 Å². The van der Waals surface area contributed by atoms with Crippen molar-refractivity contribution in [2.24, 2.45) is 5.92 Å². The Kier molecular flexibility index (Phi) is 5.82. The molecule has 1 saturated carbocycles. The molecule has 27 heavy (non-hydrogen) atoms. The number of carbonyl (C=O) groups is 1. The molecule has 0 aromatic heterocycles. The molecule has 1 amide bonds. The van der Waals surface area contributed by atoms with E-state index in [0.717, 1.165) is 24.5 Å². The van der Waals surface area contributed by atoms with Gasteiger partial charge in [-0.3, -0.25) is 9.69 Å². The second-order valence-electron chi connectivity index (χ2n) is 8.43. The molecule has 1 atom stereocenters. The van der Waals surface area contributed by atoms with Crippen LogP contribution in [0, 0.1) is 5.92 Å². The Morgan fingerprint density at radius 1 is 1.15 bits per heavy atom. The van der Waals surface area contributed by atoms with Crippen LogP contribution in [0.25, 0.3) is 11.3 Å². The van der Waals surface area contributed by atoms with Crippen LogP contribution in [-0.4, -0.2) is 29.9 Å². The van der Waals surface area contributed by atoms with Gasteiger partial charge in [0.15, 0.2) is 0 Å². The topological polar surface area (TPSA) is 45.5 Å². The van der Waals surface area contributed by atoms with Crippen LogP contribution in [0.3, 0.4) is 0 Å². The SMILES string of the molecule is CC(=O)NC1CCC(CCN2CCCCC2c2ccoc3cccc2-3)CC1. The molecule has 2 aliphatic heterocycles. The molecule has 0 aromatic rings. The number of rotatable bonds is 5. The van der Waals surface area contributed by atoms with Crippen LogP contribution in [0.2, 0.25) is 0 Å². The summed E-state index contributed by atoms with van der Waals surface area (Å²) in [6.07, 6.45) is 11.8. The minimum atomic E-state index is 0.114. The molecular formula is C23H32N2O2. The molecule has 2 heterocycles. The molecule has 4 nitrogen and oxygen atoms in total. The van der Waals surface area contributed by atoms with Crippen molar-refractivity contribution in [3.05, 3.63) is 36.1 Å². The van der Waals surface area contributed by atoms with Crippen molar-refractivity contribution in [3.8, 4) is 11.3 Å². The summed E-state index contributed by atoms with van der Waals surface area (Å²) < 4.78 is 5.66. The maximum atomic E-state index is 11.2. The van der Waals surface area contributed by atoms with E-state index in [9.17, 15) is 4.79 Å². The van der Waals surface area contributed by atoms with Crippen LogP contribution in [0.1, 0.15) is 69.9 Å². The lowest BCUT2D eigenvalue weighted by atomic mass is 9.83. The molecule has 146 valence electrons. The maximum Gasteiger partial charge on any atom is 0.217 e. The summed E-state index contributed by atoms with van der Waals surface area (Å²) >= 11 is 0. The third-order valence-corrected chi connectivity index (χ3v) is 6.58. The standard InChI is InChI=1S/C23H32N2O2/c1-17(26)24-19-10-8-18(9-11-19)12-15-25-14-3-2-6-22(25)20-13-16-27-23-7-4-5-21(20)23/h4-5,7,13,16,18-19,22H,2-3,6,8-12,14-15H2,1H3,(H,24,26). The van der Waals surface area contributed by atoms with Crippen LogP contribution in [0.4, 0.5) is 0 Å². The fourth-order valence-corrected chi connectivity index (χ4v) is 5.15. The van der Waals surface area contributed by atoms with Gasteiger partial charge in [-0.05, 0) is 81.6 Å². The van der Waals surface area contributed by atoms with Gasteiger partial charge in [0, 0.05) is 24.6 Å². The Bertz CT molecular complexity index is 717. The van der Waals surface area contributed by atoms with Crippen molar-refractivity contribution in [3.63, 3.8) is 0 Å². The number of nitrogens with one attached hydrogen (secondary N) is 1. The molecule has 0 aromatic carbocycles. The van der Waals surface area contributed by atoms with Gasteiger partial charge in [0.25, 0.3) is 0 Å². The van der Waals surface area contributed by atoms with E-state index in [1.54, 1.807) is 6.92 Å². The molecule has 2 fully saturated rings. The van der Waals surface area contributed by atoms with Crippen molar-refractivity contribution in [2.45, 2.75) is 70.4 Å². The molecule has 4 aliphatic rings. The molecule has 4 heteroatoms. The van der Waals surface area contributed by atoms with E-state index in [1.807, 2.05) is 6.26 Å². The number of hydrogen-bond donors (Lipinski definition) is 1. The highest BCUT2D eigenvalue weighted by Crippen LogP contribution is 2.39. The fourth-order valence-electron chi connectivity index (χ4n) is 5.15. The van der Waals surface area contributed by atoms with Gasteiger partial charge in [0.1, 0.15) is 5.76 Å². The Balaban J connectivity index is 1.35. The lowest BCUT2D eigenvalue weighted by molar-refractivity contribution is -0.119. The average molecular weight is 369 g/mol. The lowest BCUT2D eigenvalue weighted by Gasteiger charge is -2.38. The highest BCUT2D eigenvalue weighted by molar-refractivity contribution is 5.73. The summed E-state index contributed by atoms with van der Waals surface area (Å²) in [5.74, 6) is 1.93. The molecule has 1 saturated heterocycles. The molecule has 4 rings (SSSR count). The number of nitrogens with zero attached hydrogens (tertiary/aromatic N) is 1. The van der Waals surface area contributed by atoms with Gasteiger partial charge in [0.2, 0.25) is 5.91 Å². The van der Waals surface area contributed by atoms with Crippen molar-refractivity contribution in [1.82, 2.24) is 10.2 Å².